The molecule has 12 heavy (non-hydrogen) atoms. The Balaban J connectivity index is 3.16. The lowest BCUT2D eigenvalue weighted by molar-refractivity contribution is 0.0598. The molecule has 1 aromatic heterocycles. The van der Waals surface area contributed by atoms with E-state index in [1.807, 2.05) is 0 Å². The number of aromatic nitrogens is 1. The van der Waals surface area contributed by atoms with Crippen molar-refractivity contribution in [2.24, 2.45) is 0 Å². The van der Waals surface area contributed by atoms with Gasteiger partial charge in [0.05, 0.1) is 18.9 Å². The van der Waals surface area contributed by atoms with Gasteiger partial charge in [0.1, 0.15) is 5.82 Å². The maximum Gasteiger partial charge on any atom is 0.339 e. The van der Waals surface area contributed by atoms with Crippen LogP contribution in [0.4, 0.5) is 4.39 Å². The van der Waals surface area contributed by atoms with Crippen LogP contribution in [0.2, 0.25) is 0 Å². The fraction of sp³-hybridized carbons (Fsp3) is 0.250. The zero-order valence-corrected chi connectivity index (χ0v) is 6.80. The summed E-state index contributed by atoms with van der Waals surface area (Å²) in [5.74, 6) is -1.07. The minimum atomic E-state index is -0.570. The van der Waals surface area contributed by atoms with Crippen LogP contribution < -0.4 is 0 Å². The second kappa shape index (κ2) is 3.30. The van der Waals surface area contributed by atoms with E-state index < -0.39 is 11.8 Å². The van der Waals surface area contributed by atoms with E-state index in [1.165, 1.54) is 20.2 Å². The van der Waals surface area contributed by atoms with Crippen molar-refractivity contribution < 1.29 is 13.9 Å². The molecule has 1 aromatic rings. The normalized spacial score (nSPS) is 9.58. The molecule has 0 aliphatic heterocycles. The Morgan fingerprint density at radius 2 is 2.25 bits per heavy atom. The van der Waals surface area contributed by atoms with Crippen molar-refractivity contribution in [3.63, 3.8) is 0 Å². The first-order valence-electron chi connectivity index (χ1n) is 3.35. The number of carbonyl (C=O) groups excluding carboxylic acids is 1. The smallest absolute Gasteiger partial charge is 0.339 e. The topological polar surface area (TPSA) is 39.2 Å². The van der Waals surface area contributed by atoms with Gasteiger partial charge >= 0.3 is 5.97 Å². The monoisotopic (exact) mass is 169 g/mol. The van der Waals surface area contributed by atoms with Crippen molar-refractivity contribution in [1.82, 2.24) is 4.98 Å². The Bertz CT molecular complexity index is 312. The van der Waals surface area contributed by atoms with Gasteiger partial charge < -0.3 is 4.74 Å². The van der Waals surface area contributed by atoms with E-state index in [4.69, 9.17) is 0 Å². The van der Waals surface area contributed by atoms with E-state index in [0.717, 1.165) is 6.20 Å². The first kappa shape index (κ1) is 8.64. The molecule has 0 aliphatic rings. The Morgan fingerprint density at radius 1 is 1.58 bits per heavy atom. The van der Waals surface area contributed by atoms with E-state index in [2.05, 4.69) is 9.72 Å². The maximum atomic E-state index is 12.8. The molecule has 0 amide bonds. The summed E-state index contributed by atoms with van der Waals surface area (Å²) in [5.41, 5.74) is 0.425. The molecular weight excluding hydrogens is 161 g/mol. The number of esters is 1. The number of nitrogens with zero attached hydrogens (tertiary/aromatic N) is 1. The maximum absolute atomic E-state index is 12.8. The molecule has 64 valence electrons. The molecule has 4 heteroatoms. The lowest BCUT2D eigenvalue weighted by Crippen LogP contribution is -2.05. The Kier molecular flexibility index (Phi) is 2.38. The van der Waals surface area contributed by atoms with Crippen molar-refractivity contribution in [3.8, 4) is 0 Å². The van der Waals surface area contributed by atoms with Crippen LogP contribution in [0.3, 0.4) is 0 Å². The quantitative estimate of drug-likeness (QED) is 0.595. The third-order valence-electron chi connectivity index (χ3n) is 1.56. The second-order valence-electron chi connectivity index (χ2n) is 2.29. The predicted molar refractivity (Wildman–Crippen MR) is 40.3 cm³/mol. The molecule has 0 atom stereocenters. The molecule has 1 heterocycles. The van der Waals surface area contributed by atoms with Crippen LogP contribution in [0, 0.1) is 12.7 Å². The highest BCUT2D eigenvalue weighted by atomic mass is 19.1. The van der Waals surface area contributed by atoms with Gasteiger partial charge in [0.25, 0.3) is 0 Å². The van der Waals surface area contributed by atoms with E-state index in [-0.39, 0.29) is 11.1 Å². The molecule has 0 bridgehead atoms. The van der Waals surface area contributed by atoms with Gasteiger partial charge in [-0.25, -0.2) is 9.18 Å². The number of pyridine rings is 1. The standard InChI is InChI=1S/C8H8FNO2/c1-5-6(8(11)12-2)3-10-4-7(5)9/h3-4H,1-2H3. The van der Waals surface area contributed by atoms with Crippen LogP contribution >= 0.6 is 0 Å². The molecule has 0 radical (unpaired) electrons. The first-order valence-corrected chi connectivity index (χ1v) is 3.35. The van der Waals surface area contributed by atoms with E-state index in [0.29, 0.717) is 0 Å². The molecule has 0 unspecified atom stereocenters. The highest BCUT2D eigenvalue weighted by molar-refractivity contribution is 5.90. The Morgan fingerprint density at radius 3 is 2.83 bits per heavy atom. The predicted octanol–water partition coefficient (Wildman–Crippen LogP) is 1.32. The van der Waals surface area contributed by atoms with Gasteiger partial charge in [0.2, 0.25) is 0 Å². The number of rotatable bonds is 1. The van der Waals surface area contributed by atoms with Crippen LogP contribution in [-0.2, 0) is 4.74 Å². The van der Waals surface area contributed by atoms with Crippen LogP contribution in [-0.4, -0.2) is 18.1 Å². The third kappa shape index (κ3) is 1.42. The average Bonchev–Trinajstić information content (AvgIpc) is 2.08. The molecule has 3 nitrogen and oxygen atoms in total. The number of methoxy groups -OCH3 is 1. The Labute approximate surface area is 69.2 Å². The minimum Gasteiger partial charge on any atom is -0.465 e. The summed E-state index contributed by atoms with van der Waals surface area (Å²) < 4.78 is 17.2. The fourth-order valence-electron chi connectivity index (χ4n) is 0.815. The van der Waals surface area contributed by atoms with Gasteiger partial charge in [-0.3, -0.25) is 4.98 Å². The first-order chi connectivity index (χ1) is 5.66. The molecule has 0 N–H and O–H groups in total. The zero-order chi connectivity index (χ0) is 9.14. The molecule has 1 rings (SSSR count). The average molecular weight is 169 g/mol. The lowest BCUT2D eigenvalue weighted by Gasteiger charge is -2.02. The Hall–Kier alpha value is -1.45. The summed E-state index contributed by atoms with van der Waals surface area (Å²) in [6.07, 6.45) is 2.34. The molecule has 0 saturated carbocycles. The summed E-state index contributed by atoms with van der Waals surface area (Å²) >= 11 is 0. The van der Waals surface area contributed by atoms with Gasteiger partial charge in [-0.1, -0.05) is 0 Å². The highest BCUT2D eigenvalue weighted by Crippen LogP contribution is 2.10. The van der Waals surface area contributed by atoms with Gasteiger partial charge in [-0.15, -0.1) is 0 Å². The fourth-order valence-corrected chi connectivity index (χ4v) is 0.815. The molecule has 0 aliphatic carbocycles. The van der Waals surface area contributed by atoms with Gasteiger partial charge in [0.15, 0.2) is 0 Å². The van der Waals surface area contributed by atoms with Gasteiger partial charge in [0, 0.05) is 11.8 Å². The lowest BCUT2D eigenvalue weighted by atomic mass is 10.1. The number of halogens is 1. The number of ether oxygens (including phenoxy) is 1. The van der Waals surface area contributed by atoms with Crippen molar-refractivity contribution in [2.75, 3.05) is 7.11 Å². The second-order valence-corrected chi connectivity index (χ2v) is 2.29. The summed E-state index contributed by atoms with van der Waals surface area (Å²) in [4.78, 5) is 14.5. The largest absolute Gasteiger partial charge is 0.465 e. The van der Waals surface area contributed by atoms with Crippen LogP contribution in [0.25, 0.3) is 0 Å². The van der Waals surface area contributed by atoms with E-state index in [9.17, 15) is 9.18 Å². The van der Waals surface area contributed by atoms with Crippen molar-refractivity contribution in [3.05, 3.63) is 29.3 Å². The minimum absolute atomic E-state index is 0.164. The van der Waals surface area contributed by atoms with Crippen LogP contribution in [0.5, 0.6) is 0 Å². The molecule has 0 spiro atoms. The molecule has 0 fully saturated rings. The van der Waals surface area contributed by atoms with Crippen molar-refractivity contribution >= 4 is 5.97 Å². The molecule has 0 saturated heterocycles. The number of hydrogen-bond acceptors (Lipinski definition) is 3. The SMILES string of the molecule is COC(=O)c1cncc(F)c1C. The molecule has 0 aromatic carbocycles. The van der Waals surface area contributed by atoms with Gasteiger partial charge in [-0.05, 0) is 6.92 Å². The zero-order valence-electron chi connectivity index (χ0n) is 6.80. The molecular formula is C8H8FNO2. The summed E-state index contributed by atoms with van der Waals surface area (Å²) in [5, 5.41) is 0. The van der Waals surface area contributed by atoms with E-state index >= 15 is 0 Å². The van der Waals surface area contributed by atoms with Crippen molar-refractivity contribution in [2.45, 2.75) is 6.92 Å². The number of hydrogen-bond donors (Lipinski definition) is 0. The third-order valence-corrected chi connectivity index (χ3v) is 1.56. The van der Waals surface area contributed by atoms with Crippen LogP contribution in [0.1, 0.15) is 15.9 Å². The highest BCUT2D eigenvalue weighted by Gasteiger charge is 2.11. The summed E-state index contributed by atoms with van der Waals surface area (Å²) in [6, 6.07) is 0. The van der Waals surface area contributed by atoms with Crippen LogP contribution in [0.15, 0.2) is 12.4 Å². The summed E-state index contributed by atoms with van der Waals surface area (Å²) in [7, 11) is 1.24. The van der Waals surface area contributed by atoms with E-state index in [1.54, 1.807) is 0 Å². The van der Waals surface area contributed by atoms with Gasteiger partial charge in [-0.2, -0.15) is 0 Å². The van der Waals surface area contributed by atoms with Crippen molar-refractivity contribution in [1.29, 1.82) is 0 Å². The number of carbonyl (C=O) groups is 1. The summed E-state index contributed by atoms with van der Waals surface area (Å²) in [6.45, 7) is 1.50.